The highest BCUT2D eigenvalue weighted by atomic mass is 16.5. The lowest BCUT2D eigenvalue weighted by atomic mass is 9.98. The predicted octanol–water partition coefficient (Wildman–Crippen LogP) is 1.61. The summed E-state index contributed by atoms with van der Waals surface area (Å²) in [7, 11) is 0. The minimum Gasteiger partial charge on any atom is -0.375 e. The van der Waals surface area contributed by atoms with Crippen LogP contribution in [0.1, 0.15) is 36.0 Å². The van der Waals surface area contributed by atoms with E-state index in [1.807, 2.05) is 0 Å². The summed E-state index contributed by atoms with van der Waals surface area (Å²) in [5.74, 6) is -0.146. The number of nitrogens with one attached hydrogen (secondary N) is 1. The Balaban J connectivity index is 1.45. The minimum atomic E-state index is -0.146. The fourth-order valence-electron chi connectivity index (χ4n) is 4.11. The number of nitrogens with zero attached hydrogens (tertiary/aromatic N) is 1. The quantitative estimate of drug-likeness (QED) is 0.878. The number of aromatic nitrogens is 1. The molecule has 2 fully saturated rings. The van der Waals surface area contributed by atoms with E-state index in [1.54, 1.807) is 42.6 Å². The molecule has 6 heteroatoms. The van der Waals surface area contributed by atoms with E-state index in [0.717, 1.165) is 38.0 Å². The van der Waals surface area contributed by atoms with E-state index < -0.39 is 0 Å². The molecule has 3 N–H and O–H groups in total. The first-order valence-corrected chi connectivity index (χ1v) is 9.05. The molecule has 0 bridgehead atoms. The summed E-state index contributed by atoms with van der Waals surface area (Å²) < 4.78 is 7.44. The molecule has 1 aromatic heterocycles. The van der Waals surface area contributed by atoms with E-state index in [1.165, 1.54) is 10.6 Å². The number of benzene rings is 1. The van der Waals surface area contributed by atoms with Gasteiger partial charge >= 0.3 is 0 Å². The Kier molecular flexibility index (Phi) is 4.38. The van der Waals surface area contributed by atoms with Crippen molar-refractivity contribution in [2.45, 2.75) is 43.4 Å². The number of nitrogens with two attached hydrogens (primary N) is 1. The lowest BCUT2D eigenvalue weighted by Crippen LogP contribution is -2.44. The zero-order valence-electron chi connectivity index (χ0n) is 14.6. The third kappa shape index (κ3) is 3.18. The van der Waals surface area contributed by atoms with Crippen LogP contribution in [0.3, 0.4) is 0 Å². The van der Waals surface area contributed by atoms with Crippen molar-refractivity contribution in [3.63, 3.8) is 0 Å². The van der Waals surface area contributed by atoms with E-state index in [4.69, 9.17) is 10.5 Å². The smallest absolute Gasteiger partial charge is 0.255 e. The zero-order chi connectivity index (χ0) is 18.1. The van der Waals surface area contributed by atoms with E-state index in [-0.39, 0.29) is 29.2 Å². The summed E-state index contributed by atoms with van der Waals surface area (Å²) in [4.78, 5) is 24.5. The van der Waals surface area contributed by atoms with Crippen molar-refractivity contribution in [3.8, 4) is 5.69 Å². The highest BCUT2D eigenvalue weighted by molar-refractivity contribution is 5.94. The van der Waals surface area contributed by atoms with Crippen molar-refractivity contribution >= 4 is 5.91 Å². The second kappa shape index (κ2) is 6.70. The lowest BCUT2D eigenvalue weighted by molar-refractivity contribution is 0.00798. The van der Waals surface area contributed by atoms with E-state index in [9.17, 15) is 9.59 Å². The molecule has 2 aliphatic rings. The Morgan fingerprint density at radius 1 is 1.19 bits per heavy atom. The average Bonchev–Trinajstić information content (AvgIpc) is 3.22. The van der Waals surface area contributed by atoms with E-state index >= 15 is 0 Å². The summed E-state index contributed by atoms with van der Waals surface area (Å²) in [6.07, 6.45) is 5.36. The molecule has 136 valence electrons. The number of rotatable bonds is 3. The molecule has 0 radical (unpaired) electrons. The van der Waals surface area contributed by atoms with Crippen LogP contribution >= 0.6 is 0 Å². The van der Waals surface area contributed by atoms with Crippen molar-refractivity contribution in [1.29, 1.82) is 0 Å². The summed E-state index contributed by atoms with van der Waals surface area (Å²) in [5.41, 5.74) is 7.27. The van der Waals surface area contributed by atoms with Crippen LogP contribution in [-0.2, 0) is 4.74 Å². The van der Waals surface area contributed by atoms with Crippen LogP contribution in [0.25, 0.3) is 5.69 Å². The molecule has 6 nitrogen and oxygen atoms in total. The molecule has 3 unspecified atom stereocenters. The molecule has 1 amide bonds. The maximum atomic E-state index is 12.6. The van der Waals surface area contributed by atoms with Gasteiger partial charge in [-0.05, 0) is 56.0 Å². The van der Waals surface area contributed by atoms with Crippen molar-refractivity contribution in [2.75, 3.05) is 6.61 Å². The minimum absolute atomic E-state index is 0.0722. The fourth-order valence-corrected chi connectivity index (χ4v) is 4.11. The van der Waals surface area contributed by atoms with Crippen LogP contribution in [0, 0.1) is 0 Å². The SMILES string of the molecule is NC1CC2(CCCO2)CC1NC(=O)c1ccc(-n2ccccc2=O)cc1. The van der Waals surface area contributed by atoms with E-state index in [2.05, 4.69) is 5.32 Å². The predicted molar refractivity (Wildman–Crippen MR) is 98.4 cm³/mol. The molecule has 1 spiro atoms. The van der Waals surface area contributed by atoms with Crippen LogP contribution in [0.5, 0.6) is 0 Å². The number of carbonyl (C=O) groups is 1. The van der Waals surface area contributed by atoms with E-state index in [0.29, 0.717) is 5.56 Å². The normalized spacial score (nSPS) is 27.7. The van der Waals surface area contributed by atoms with Crippen LogP contribution in [0.4, 0.5) is 0 Å². The molecule has 1 saturated heterocycles. The van der Waals surface area contributed by atoms with Crippen LogP contribution < -0.4 is 16.6 Å². The van der Waals surface area contributed by atoms with Gasteiger partial charge in [0.15, 0.2) is 0 Å². The number of carbonyl (C=O) groups excluding carboxylic acids is 1. The van der Waals surface area contributed by atoms with Gasteiger partial charge in [0.1, 0.15) is 0 Å². The van der Waals surface area contributed by atoms with Crippen LogP contribution in [0.2, 0.25) is 0 Å². The lowest BCUT2D eigenvalue weighted by Gasteiger charge is -2.22. The maximum Gasteiger partial charge on any atom is 0.255 e. The van der Waals surface area contributed by atoms with Gasteiger partial charge in [-0.25, -0.2) is 0 Å². The highest BCUT2D eigenvalue weighted by Gasteiger charge is 2.47. The topological polar surface area (TPSA) is 86.3 Å². The Labute approximate surface area is 152 Å². The number of hydrogen-bond donors (Lipinski definition) is 2. The van der Waals surface area contributed by atoms with Crippen molar-refractivity contribution in [2.24, 2.45) is 5.73 Å². The largest absolute Gasteiger partial charge is 0.375 e. The fraction of sp³-hybridized carbons (Fsp3) is 0.400. The monoisotopic (exact) mass is 353 g/mol. The van der Waals surface area contributed by atoms with Gasteiger partial charge in [-0.1, -0.05) is 6.07 Å². The second-order valence-corrected chi connectivity index (χ2v) is 7.24. The number of amides is 1. The summed E-state index contributed by atoms with van der Waals surface area (Å²) in [5, 5.41) is 3.05. The van der Waals surface area contributed by atoms with Crippen LogP contribution in [-0.4, -0.2) is 34.8 Å². The maximum absolute atomic E-state index is 12.6. The number of ether oxygens (including phenoxy) is 1. The molecule has 4 rings (SSSR count). The Morgan fingerprint density at radius 3 is 2.69 bits per heavy atom. The summed E-state index contributed by atoms with van der Waals surface area (Å²) in [6.45, 7) is 0.785. The molecular formula is C20H23N3O3. The highest BCUT2D eigenvalue weighted by Crippen LogP contribution is 2.40. The van der Waals surface area contributed by atoms with Gasteiger partial charge in [-0.3, -0.25) is 14.2 Å². The standard InChI is InChI=1S/C20H23N3O3/c21-16-12-20(9-3-11-26-20)13-17(16)22-19(25)14-5-7-15(8-6-14)23-10-2-1-4-18(23)24/h1-2,4-8,10,16-17H,3,9,11-13,21H2,(H,22,25). The number of pyridine rings is 1. The van der Waals surface area contributed by atoms with Crippen LogP contribution in [0.15, 0.2) is 53.5 Å². The summed E-state index contributed by atoms with van der Waals surface area (Å²) in [6, 6.07) is 11.8. The molecule has 1 aliphatic heterocycles. The van der Waals surface area contributed by atoms with Crippen molar-refractivity contribution in [3.05, 3.63) is 64.6 Å². The molecule has 1 saturated carbocycles. The third-order valence-corrected chi connectivity index (χ3v) is 5.45. The second-order valence-electron chi connectivity index (χ2n) is 7.24. The van der Waals surface area contributed by atoms with Crippen molar-refractivity contribution in [1.82, 2.24) is 9.88 Å². The Hall–Kier alpha value is -2.44. The van der Waals surface area contributed by atoms with Gasteiger partial charge in [0, 0.05) is 42.2 Å². The van der Waals surface area contributed by atoms with Gasteiger partial charge in [0.05, 0.1) is 5.60 Å². The van der Waals surface area contributed by atoms with Gasteiger partial charge in [0.25, 0.3) is 11.5 Å². The van der Waals surface area contributed by atoms with Gasteiger partial charge in [-0.2, -0.15) is 0 Å². The average molecular weight is 353 g/mol. The first kappa shape index (κ1) is 17.0. The Bertz CT molecular complexity index is 853. The zero-order valence-corrected chi connectivity index (χ0v) is 14.6. The van der Waals surface area contributed by atoms with Gasteiger partial charge in [-0.15, -0.1) is 0 Å². The molecule has 1 aliphatic carbocycles. The number of hydrogen-bond acceptors (Lipinski definition) is 4. The van der Waals surface area contributed by atoms with Crippen molar-refractivity contribution < 1.29 is 9.53 Å². The summed E-state index contributed by atoms with van der Waals surface area (Å²) >= 11 is 0. The molecule has 2 aromatic rings. The third-order valence-electron chi connectivity index (χ3n) is 5.45. The molecular weight excluding hydrogens is 330 g/mol. The first-order valence-electron chi connectivity index (χ1n) is 9.05. The molecule has 3 atom stereocenters. The first-order chi connectivity index (χ1) is 12.6. The molecule has 26 heavy (non-hydrogen) atoms. The molecule has 2 heterocycles. The molecule has 1 aromatic carbocycles. The Morgan fingerprint density at radius 2 is 2.00 bits per heavy atom. The van der Waals surface area contributed by atoms with Gasteiger partial charge < -0.3 is 15.8 Å². The van der Waals surface area contributed by atoms with Gasteiger partial charge in [0.2, 0.25) is 0 Å².